The summed E-state index contributed by atoms with van der Waals surface area (Å²) >= 11 is 1.23. The summed E-state index contributed by atoms with van der Waals surface area (Å²) in [5.41, 5.74) is 2.47. The van der Waals surface area contributed by atoms with Gasteiger partial charge in [0.05, 0.1) is 11.4 Å². The summed E-state index contributed by atoms with van der Waals surface area (Å²) in [6, 6.07) is 9.23. The number of aromatic amines is 1. The number of aryl methyl sites for hydroxylation is 1. The first-order valence-corrected chi connectivity index (χ1v) is 8.60. The molecule has 6 heteroatoms. The van der Waals surface area contributed by atoms with E-state index < -0.39 is 0 Å². The largest absolute Gasteiger partial charge is 0.325 e. The maximum Gasteiger partial charge on any atom is 0.251 e. The van der Waals surface area contributed by atoms with E-state index in [0.717, 1.165) is 23.4 Å². The minimum absolute atomic E-state index is 0.117. The van der Waals surface area contributed by atoms with Crippen molar-refractivity contribution in [1.82, 2.24) is 9.97 Å². The number of para-hydroxylation sites is 1. The van der Waals surface area contributed by atoms with Crippen LogP contribution in [-0.4, -0.2) is 21.6 Å². The topological polar surface area (TPSA) is 74.8 Å². The number of H-pyrrole nitrogens is 1. The number of carbonyl (C=O) groups excluding carboxylic acids is 1. The molecule has 0 aliphatic rings. The van der Waals surface area contributed by atoms with E-state index in [4.69, 9.17) is 0 Å². The molecule has 122 valence electrons. The number of hydrogen-bond donors (Lipinski definition) is 2. The second-order valence-corrected chi connectivity index (χ2v) is 6.44. The number of thioether (sulfide) groups is 1. The highest BCUT2D eigenvalue weighted by Crippen LogP contribution is 2.18. The summed E-state index contributed by atoms with van der Waals surface area (Å²) in [5, 5.41) is 3.38. The molecule has 0 aliphatic heterocycles. The van der Waals surface area contributed by atoms with Crippen molar-refractivity contribution >= 4 is 23.4 Å². The highest BCUT2D eigenvalue weighted by molar-refractivity contribution is 7.99. The van der Waals surface area contributed by atoms with Gasteiger partial charge in [0.25, 0.3) is 5.56 Å². The van der Waals surface area contributed by atoms with Crippen LogP contribution in [0.2, 0.25) is 0 Å². The molecule has 0 saturated carbocycles. The number of nitrogens with one attached hydrogen (secondary N) is 2. The Labute approximate surface area is 139 Å². The van der Waals surface area contributed by atoms with Gasteiger partial charge in [-0.15, -0.1) is 0 Å². The fourth-order valence-electron chi connectivity index (χ4n) is 2.09. The van der Waals surface area contributed by atoms with Crippen LogP contribution in [0, 0.1) is 0 Å². The molecule has 2 rings (SSSR count). The molecular weight excluding hydrogens is 310 g/mol. The number of benzene rings is 1. The predicted molar refractivity (Wildman–Crippen MR) is 94.1 cm³/mol. The van der Waals surface area contributed by atoms with Crippen molar-refractivity contribution in [2.75, 3.05) is 11.1 Å². The molecule has 0 unspecified atom stereocenters. The molecule has 0 bridgehead atoms. The SMILES string of the molecule is CCc1ccccc1NC(=O)CSc1nc(C(C)C)cc(=O)[nH]1. The van der Waals surface area contributed by atoms with Gasteiger partial charge < -0.3 is 10.3 Å². The standard InChI is InChI=1S/C17H21N3O2S/c1-4-12-7-5-6-8-13(12)18-16(22)10-23-17-19-14(11(2)3)9-15(21)20-17/h5-9,11H,4,10H2,1-3H3,(H,18,22)(H,19,20,21). The van der Waals surface area contributed by atoms with E-state index in [-0.39, 0.29) is 23.1 Å². The molecule has 0 fully saturated rings. The normalized spacial score (nSPS) is 10.8. The zero-order valence-corrected chi connectivity index (χ0v) is 14.4. The quantitative estimate of drug-likeness (QED) is 0.630. The summed E-state index contributed by atoms with van der Waals surface area (Å²) in [5.74, 6) is 0.248. The second-order valence-electron chi connectivity index (χ2n) is 5.48. The van der Waals surface area contributed by atoms with Crippen molar-refractivity contribution in [3.8, 4) is 0 Å². The third-order valence-electron chi connectivity index (χ3n) is 3.34. The molecule has 1 aromatic heterocycles. The molecule has 5 nitrogen and oxygen atoms in total. The third kappa shape index (κ3) is 4.96. The van der Waals surface area contributed by atoms with Crippen LogP contribution >= 0.6 is 11.8 Å². The average Bonchev–Trinajstić information content (AvgIpc) is 2.53. The Bertz CT molecular complexity index is 741. The van der Waals surface area contributed by atoms with Gasteiger partial charge in [-0.3, -0.25) is 9.59 Å². The highest BCUT2D eigenvalue weighted by Gasteiger charge is 2.09. The highest BCUT2D eigenvalue weighted by atomic mass is 32.2. The van der Waals surface area contributed by atoms with Crippen LogP contribution < -0.4 is 10.9 Å². The van der Waals surface area contributed by atoms with Crippen molar-refractivity contribution in [1.29, 1.82) is 0 Å². The van der Waals surface area contributed by atoms with Gasteiger partial charge in [0.1, 0.15) is 0 Å². The zero-order valence-electron chi connectivity index (χ0n) is 13.6. The molecular formula is C17H21N3O2S. The summed E-state index contributed by atoms with van der Waals surface area (Å²) in [6.45, 7) is 6.00. The van der Waals surface area contributed by atoms with E-state index in [2.05, 4.69) is 15.3 Å². The van der Waals surface area contributed by atoms with Crippen LogP contribution in [-0.2, 0) is 11.2 Å². The van der Waals surface area contributed by atoms with Gasteiger partial charge in [-0.1, -0.05) is 50.7 Å². The number of anilines is 1. The molecule has 2 N–H and O–H groups in total. The minimum Gasteiger partial charge on any atom is -0.325 e. The fourth-order valence-corrected chi connectivity index (χ4v) is 2.77. The molecule has 0 radical (unpaired) electrons. The average molecular weight is 331 g/mol. The summed E-state index contributed by atoms with van der Waals surface area (Å²) in [6.07, 6.45) is 0.856. The smallest absolute Gasteiger partial charge is 0.251 e. The van der Waals surface area contributed by atoms with Gasteiger partial charge in [-0.05, 0) is 24.0 Å². The number of carbonyl (C=O) groups is 1. The molecule has 0 saturated heterocycles. The molecule has 1 heterocycles. The Kier molecular flexibility index (Phi) is 5.98. The van der Waals surface area contributed by atoms with E-state index in [0.29, 0.717) is 5.16 Å². The van der Waals surface area contributed by atoms with Crippen molar-refractivity contribution < 1.29 is 4.79 Å². The number of rotatable bonds is 6. The number of hydrogen-bond acceptors (Lipinski definition) is 4. The van der Waals surface area contributed by atoms with E-state index in [9.17, 15) is 9.59 Å². The summed E-state index contributed by atoms with van der Waals surface area (Å²) in [4.78, 5) is 30.8. The van der Waals surface area contributed by atoms with Gasteiger partial charge in [0, 0.05) is 11.8 Å². The van der Waals surface area contributed by atoms with Crippen molar-refractivity contribution in [2.45, 2.75) is 38.3 Å². The summed E-state index contributed by atoms with van der Waals surface area (Å²) in [7, 11) is 0. The predicted octanol–water partition coefficient (Wildman–Crippen LogP) is 3.19. The Morgan fingerprint density at radius 2 is 2.09 bits per heavy atom. The van der Waals surface area contributed by atoms with Gasteiger partial charge in [-0.25, -0.2) is 4.98 Å². The second kappa shape index (κ2) is 7.97. The molecule has 0 spiro atoms. The number of nitrogens with zero attached hydrogens (tertiary/aromatic N) is 1. The lowest BCUT2D eigenvalue weighted by atomic mass is 10.1. The molecule has 0 atom stereocenters. The van der Waals surface area contributed by atoms with E-state index in [1.165, 1.54) is 17.8 Å². The molecule has 23 heavy (non-hydrogen) atoms. The number of aromatic nitrogens is 2. The third-order valence-corrected chi connectivity index (χ3v) is 4.22. The first-order valence-electron chi connectivity index (χ1n) is 7.61. The lowest BCUT2D eigenvalue weighted by Crippen LogP contribution is -2.16. The first-order chi connectivity index (χ1) is 11.0. The van der Waals surface area contributed by atoms with Crippen molar-refractivity contribution in [3.05, 3.63) is 51.9 Å². The van der Waals surface area contributed by atoms with Crippen molar-refractivity contribution in [2.24, 2.45) is 0 Å². The van der Waals surface area contributed by atoms with E-state index >= 15 is 0 Å². The zero-order chi connectivity index (χ0) is 16.8. The number of amides is 1. The van der Waals surface area contributed by atoms with E-state index in [1.807, 2.05) is 45.0 Å². The fraction of sp³-hybridized carbons (Fsp3) is 0.353. The summed E-state index contributed by atoms with van der Waals surface area (Å²) < 4.78 is 0. The molecule has 1 amide bonds. The lowest BCUT2D eigenvalue weighted by Gasteiger charge is -2.10. The molecule has 2 aromatic rings. The van der Waals surface area contributed by atoms with Gasteiger partial charge in [0.2, 0.25) is 5.91 Å². The Hall–Kier alpha value is -2.08. The van der Waals surface area contributed by atoms with Crippen LogP contribution in [0.4, 0.5) is 5.69 Å². The first kappa shape index (κ1) is 17.3. The van der Waals surface area contributed by atoms with Crippen LogP contribution in [0.15, 0.2) is 40.3 Å². The van der Waals surface area contributed by atoms with Crippen LogP contribution in [0.5, 0.6) is 0 Å². The Morgan fingerprint density at radius 3 is 2.78 bits per heavy atom. The van der Waals surface area contributed by atoms with Crippen LogP contribution in [0.3, 0.4) is 0 Å². The van der Waals surface area contributed by atoms with Gasteiger partial charge >= 0.3 is 0 Å². The van der Waals surface area contributed by atoms with Crippen LogP contribution in [0.1, 0.15) is 37.9 Å². The Balaban J connectivity index is 2.01. The van der Waals surface area contributed by atoms with Crippen molar-refractivity contribution in [3.63, 3.8) is 0 Å². The lowest BCUT2D eigenvalue weighted by molar-refractivity contribution is -0.113. The van der Waals surface area contributed by atoms with Crippen LogP contribution in [0.25, 0.3) is 0 Å². The minimum atomic E-state index is -0.192. The Morgan fingerprint density at radius 1 is 1.35 bits per heavy atom. The molecule has 1 aromatic carbocycles. The van der Waals surface area contributed by atoms with E-state index in [1.54, 1.807) is 0 Å². The maximum absolute atomic E-state index is 12.1. The van der Waals surface area contributed by atoms with Gasteiger partial charge in [0.15, 0.2) is 5.16 Å². The molecule has 0 aliphatic carbocycles. The van der Waals surface area contributed by atoms with Gasteiger partial charge in [-0.2, -0.15) is 0 Å². The maximum atomic E-state index is 12.1. The monoisotopic (exact) mass is 331 g/mol.